The van der Waals surface area contributed by atoms with Crippen LogP contribution in [0.4, 0.5) is 0 Å². The van der Waals surface area contributed by atoms with Crippen LogP contribution in [0.2, 0.25) is 0 Å². The third-order valence-electron chi connectivity index (χ3n) is 1.52. The largest absolute Gasteiger partial charge is 0.481 e. The smallest absolute Gasteiger partial charge is 0.320 e. The van der Waals surface area contributed by atoms with E-state index in [4.69, 9.17) is 15.3 Å². The Morgan fingerprint density at radius 1 is 1.31 bits per heavy atom. The van der Waals surface area contributed by atoms with Gasteiger partial charge in [-0.3, -0.25) is 14.9 Å². The summed E-state index contributed by atoms with van der Waals surface area (Å²) >= 11 is 0. The summed E-state index contributed by atoms with van der Waals surface area (Å²) in [5, 5.41) is 27.5. The number of aliphatic hydroxyl groups excluding tert-OH is 1. The number of carboxylic acid groups (broad SMARTS) is 2. The number of hydrogen-bond donors (Lipinski definition) is 4. The first-order valence-electron chi connectivity index (χ1n) is 3.86. The van der Waals surface area contributed by atoms with Crippen molar-refractivity contribution in [3.63, 3.8) is 0 Å². The Morgan fingerprint density at radius 2 is 1.92 bits per heavy atom. The first kappa shape index (κ1) is 11.9. The molecule has 0 radical (unpaired) electrons. The van der Waals surface area contributed by atoms with E-state index in [2.05, 4.69) is 5.32 Å². The average molecular weight is 191 g/mol. The summed E-state index contributed by atoms with van der Waals surface area (Å²) in [5.41, 5.74) is 0. The van der Waals surface area contributed by atoms with Gasteiger partial charge >= 0.3 is 11.9 Å². The van der Waals surface area contributed by atoms with Crippen LogP contribution in [0.15, 0.2) is 0 Å². The fraction of sp³-hybridized carbons (Fsp3) is 0.714. The third kappa shape index (κ3) is 6.06. The maximum atomic E-state index is 10.4. The summed E-state index contributed by atoms with van der Waals surface area (Å²) in [7, 11) is 0. The highest BCUT2D eigenvalue weighted by Gasteiger charge is 2.15. The molecule has 0 aromatic rings. The van der Waals surface area contributed by atoms with Gasteiger partial charge in [0.05, 0.1) is 6.73 Å². The van der Waals surface area contributed by atoms with Crippen molar-refractivity contribution in [1.29, 1.82) is 0 Å². The van der Waals surface area contributed by atoms with Crippen LogP contribution in [0.3, 0.4) is 0 Å². The monoisotopic (exact) mass is 191 g/mol. The second kappa shape index (κ2) is 6.38. The molecule has 0 aliphatic rings. The van der Waals surface area contributed by atoms with Gasteiger partial charge in [-0.25, -0.2) is 0 Å². The van der Waals surface area contributed by atoms with Crippen molar-refractivity contribution < 1.29 is 24.9 Å². The van der Waals surface area contributed by atoms with Gasteiger partial charge in [0.15, 0.2) is 0 Å². The van der Waals surface area contributed by atoms with Crippen molar-refractivity contribution in [3.8, 4) is 0 Å². The molecule has 0 aromatic heterocycles. The summed E-state index contributed by atoms with van der Waals surface area (Å²) in [6.45, 7) is -0.427. The molecule has 0 spiro atoms. The number of rotatable bonds is 7. The van der Waals surface area contributed by atoms with Gasteiger partial charge in [-0.15, -0.1) is 0 Å². The van der Waals surface area contributed by atoms with Gasteiger partial charge in [0.2, 0.25) is 0 Å². The van der Waals surface area contributed by atoms with Crippen LogP contribution < -0.4 is 5.32 Å². The summed E-state index contributed by atoms with van der Waals surface area (Å²) in [6, 6.07) is -0.871. The standard InChI is InChI=1S/C7H13NO5/c9-4-8-5(7(12)13)2-1-3-6(10)11/h5,8-9H,1-4H2,(H,10,11)(H,12,13). The molecule has 0 aliphatic carbocycles. The number of carbonyl (C=O) groups is 2. The van der Waals surface area contributed by atoms with Gasteiger partial charge in [0.25, 0.3) is 0 Å². The van der Waals surface area contributed by atoms with E-state index in [9.17, 15) is 9.59 Å². The van der Waals surface area contributed by atoms with Crippen molar-refractivity contribution >= 4 is 11.9 Å². The lowest BCUT2D eigenvalue weighted by molar-refractivity contribution is -0.141. The highest BCUT2D eigenvalue weighted by Crippen LogP contribution is 2.00. The van der Waals surface area contributed by atoms with E-state index in [0.717, 1.165) is 0 Å². The lowest BCUT2D eigenvalue weighted by Crippen LogP contribution is -2.37. The van der Waals surface area contributed by atoms with Gasteiger partial charge in [0, 0.05) is 6.42 Å². The molecule has 13 heavy (non-hydrogen) atoms. The molecule has 0 fully saturated rings. The molecule has 0 bridgehead atoms. The topological polar surface area (TPSA) is 107 Å². The van der Waals surface area contributed by atoms with E-state index < -0.39 is 24.7 Å². The molecule has 1 atom stereocenters. The molecule has 0 aromatic carbocycles. The Kier molecular flexibility index (Phi) is 5.82. The minimum atomic E-state index is -1.08. The number of aliphatic hydroxyl groups is 1. The van der Waals surface area contributed by atoms with Gasteiger partial charge in [-0.05, 0) is 12.8 Å². The van der Waals surface area contributed by atoms with Gasteiger partial charge in [0.1, 0.15) is 6.04 Å². The molecule has 0 saturated heterocycles. The molecule has 1 unspecified atom stereocenters. The zero-order valence-corrected chi connectivity index (χ0v) is 7.06. The molecule has 0 aliphatic heterocycles. The molecule has 0 amide bonds. The molecule has 4 N–H and O–H groups in total. The SMILES string of the molecule is O=C(O)CCCC(NCO)C(=O)O. The normalized spacial score (nSPS) is 12.4. The second-order valence-electron chi connectivity index (χ2n) is 2.54. The van der Waals surface area contributed by atoms with Crippen LogP contribution in [0.1, 0.15) is 19.3 Å². The zero-order chi connectivity index (χ0) is 10.3. The van der Waals surface area contributed by atoms with E-state index in [1.54, 1.807) is 0 Å². The molecular formula is C7H13NO5. The first-order valence-corrected chi connectivity index (χ1v) is 3.86. The minimum Gasteiger partial charge on any atom is -0.481 e. The van der Waals surface area contributed by atoms with Crippen molar-refractivity contribution in [2.24, 2.45) is 0 Å². The van der Waals surface area contributed by atoms with E-state index in [-0.39, 0.29) is 19.3 Å². The molecule has 0 heterocycles. The predicted molar refractivity (Wildman–Crippen MR) is 43.1 cm³/mol. The van der Waals surface area contributed by atoms with Gasteiger partial charge < -0.3 is 15.3 Å². The third-order valence-corrected chi connectivity index (χ3v) is 1.52. The fourth-order valence-electron chi connectivity index (χ4n) is 0.880. The summed E-state index contributed by atoms with van der Waals surface area (Å²) < 4.78 is 0. The Hall–Kier alpha value is -1.14. The zero-order valence-electron chi connectivity index (χ0n) is 7.06. The van der Waals surface area contributed by atoms with Crippen LogP contribution in [0.5, 0.6) is 0 Å². The van der Waals surface area contributed by atoms with Crippen LogP contribution in [0, 0.1) is 0 Å². The Balaban J connectivity index is 3.69. The highest BCUT2D eigenvalue weighted by atomic mass is 16.4. The van der Waals surface area contributed by atoms with Crippen molar-refractivity contribution in [2.75, 3.05) is 6.73 Å². The van der Waals surface area contributed by atoms with Crippen molar-refractivity contribution in [2.45, 2.75) is 25.3 Å². The van der Waals surface area contributed by atoms with Crippen LogP contribution >= 0.6 is 0 Å². The molecule has 0 saturated carbocycles. The number of nitrogens with one attached hydrogen (secondary N) is 1. The number of hydrogen-bond acceptors (Lipinski definition) is 4. The van der Waals surface area contributed by atoms with Gasteiger partial charge in [-0.1, -0.05) is 0 Å². The van der Waals surface area contributed by atoms with Crippen LogP contribution in [-0.2, 0) is 9.59 Å². The molecule has 6 heteroatoms. The summed E-state index contributed by atoms with van der Waals surface area (Å²) in [5.74, 6) is -2.03. The van der Waals surface area contributed by atoms with Crippen molar-refractivity contribution in [3.05, 3.63) is 0 Å². The maximum absolute atomic E-state index is 10.4. The maximum Gasteiger partial charge on any atom is 0.320 e. The van der Waals surface area contributed by atoms with E-state index in [0.29, 0.717) is 0 Å². The minimum absolute atomic E-state index is 0.0586. The number of aliphatic carboxylic acids is 2. The summed E-state index contributed by atoms with van der Waals surface area (Å²) in [4.78, 5) is 20.5. The van der Waals surface area contributed by atoms with E-state index >= 15 is 0 Å². The van der Waals surface area contributed by atoms with E-state index in [1.165, 1.54) is 0 Å². The highest BCUT2D eigenvalue weighted by molar-refractivity contribution is 5.73. The van der Waals surface area contributed by atoms with Crippen LogP contribution in [-0.4, -0.2) is 40.0 Å². The lowest BCUT2D eigenvalue weighted by Gasteiger charge is -2.10. The lowest BCUT2D eigenvalue weighted by atomic mass is 10.1. The Bertz CT molecular complexity index is 182. The van der Waals surface area contributed by atoms with Gasteiger partial charge in [-0.2, -0.15) is 0 Å². The summed E-state index contributed by atoms with van der Waals surface area (Å²) in [6.07, 6.45) is 0.415. The van der Waals surface area contributed by atoms with E-state index in [1.807, 2.05) is 0 Å². The fourth-order valence-corrected chi connectivity index (χ4v) is 0.880. The molecule has 0 rings (SSSR count). The Labute approximate surface area is 75.2 Å². The molecule has 76 valence electrons. The first-order chi connectivity index (χ1) is 6.07. The average Bonchev–Trinajstić information content (AvgIpc) is 2.02. The van der Waals surface area contributed by atoms with Crippen LogP contribution in [0.25, 0.3) is 0 Å². The Morgan fingerprint density at radius 3 is 2.31 bits per heavy atom. The second-order valence-corrected chi connectivity index (χ2v) is 2.54. The molecular weight excluding hydrogens is 178 g/mol. The molecule has 6 nitrogen and oxygen atoms in total. The predicted octanol–water partition coefficient (Wildman–Crippen LogP) is -0.766. The van der Waals surface area contributed by atoms with Crippen molar-refractivity contribution in [1.82, 2.24) is 5.32 Å². The quantitative estimate of drug-likeness (QED) is 0.394. The number of carboxylic acids is 2.